The Morgan fingerprint density at radius 2 is 1.77 bits per heavy atom. The smallest absolute Gasteiger partial charge is 0.339 e. The fraction of sp³-hybridized carbons (Fsp3) is 0.188. The zero-order chi connectivity index (χ0) is 16.3. The summed E-state index contributed by atoms with van der Waals surface area (Å²) in [4.78, 5) is 11.7. The van der Waals surface area contributed by atoms with Gasteiger partial charge in [-0.25, -0.2) is 13.2 Å². The Balaban J connectivity index is 2.53. The Morgan fingerprint density at radius 1 is 1.14 bits per heavy atom. The maximum Gasteiger partial charge on any atom is 0.339 e. The molecule has 0 saturated heterocycles. The molecular weight excluding hydrogens is 304 g/mol. The summed E-state index contributed by atoms with van der Waals surface area (Å²) in [5.74, 6) is -1.41. The molecule has 116 valence electrons. The molecule has 22 heavy (non-hydrogen) atoms. The molecule has 5 nitrogen and oxygen atoms in total. The Kier molecular flexibility index (Phi) is 4.51. The van der Waals surface area contributed by atoms with Crippen molar-refractivity contribution in [3.05, 3.63) is 59.2 Å². The third-order valence-electron chi connectivity index (χ3n) is 3.31. The molecule has 0 bridgehead atoms. The molecule has 0 spiro atoms. The van der Waals surface area contributed by atoms with Gasteiger partial charge in [0.2, 0.25) is 0 Å². The summed E-state index contributed by atoms with van der Waals surface area (Å²) in [5, 5.41) is 9.39. The summed E-state index contributed by atoms with van der Waals surface area (Å²) in [6.07, 6.45) is 0. The van der Waals surface area contributed by atoms with Crippen LogP contribution < -0.4 is 4.74 Å². The highest BCUT2D eigenvalue weighted by Crippen LogP contribution is 2.29. The molecule has 0 fully saturated rings. The highest BCUT2D eigenvalue weighted by atomic mass is 32.2. The van der Waals surface area contributed by atoms with Crippen molar-refractivity contribution in [2.45, 2.75) is 17.6 Å². The van der Waals surface area contributed by atoms with Crippen molar-refractivity contribution in [3.8, 4) is 5.75 Å². The van der Waals surface area contributed by atoms with Gasteiger partial charge in [0.25, 0.3) is 0 Å². The molecule has 0 aliphatic rings. The van der Waals surface area contributed by atoms with Crippen LogP contribution in [-0.2, 0) is 15.6 Å². The van der Waals surface area contributed by atoms with E-state index in [1.807, 2.05) is 0 Å². The first-order chi connectivity index (χ1) is 10.4. The van der Waals surface area contributed by atoms with Crippen LogP contribution in [-0.4, -0.2) is 26.6 Å². The summed E-state index contributed by atoms with van der Waals surface area (Å²) in [6, 6.07) is 11.1. The van der Waals surface area contributed by atoms with E-state index in [4.69, 9.17) is 4.74 Å². The molecular formula is C16H16O5S. The van der Waals surface area contributed by atoms with E-state index in [9.17, 15) is 18.3 Å². The molecule has 0 radical (unpaired) electrons. The lowest BCUT2D eigenvalue weighted by Gasteiger charge is -2.13. The van der Waals surface area contributed by atoms with Crippen LogP contribution in [0.5, 0.6) is 5.75 Å². The van der Waals surface area contributed by atoms with Crippen LogP contribution in [0.1, 0.15) is 21.5 Å². The van der Waals surface area contributed by atoms with Gasteiger partial charge in [-0.15, -0.1) is 0 Å². The van der Waals surface area contributed by atoms with Gasteiger partial charge < -0.3 is 9.84 Å². The van der Waals surface area contributed by atoms with Crippen LogP contribution in [0, 0.1) is 6.92 Å². The zero-order valence-electron chi connectivity index (χ0n) is 12.2. The van der Waals surface area contributed by atoms with E-state index < -0.39 is 21.6 Å². The number of methoxy groups -OCH3 is 1. The number of rotatable bonds is 5. The van der Waals surface area contributed by atoms with Crippen molar-refractivity contribution in [1.29, 1.82) is 0 Å². The number of aromatic carboxylic acids is 1. The number of hydrogen-bond acceptors (Lipinski definition) is 4. The number of hydrogen-bond donors (Lipinski definition) is 1. The molecule has 2 aromatic carbocycles. The predicted octanol–water partition coefficient (Wildman–Crippen LogP) is 2.68. The van der Waals surface area contributed by atoms with Crippen LogP contribution in [0.25, 0.3) is 0 Å². The molecule has 2 rings (SSSR count). The van der Waals surface area contributed by atoms with Gasteiger partial charge >= 0.3 is 5.97 Å². The fourth-order valence-corrected chi connectivity index (χ4v) is 3.65. The Morgan fingerprint density at radius 3 is 2.32 bits per heavy atom. The SMILES string of the molecule is COc1c(C)ccc(CS(=O)(=O)c2ccccc2)c1C(=O)O. The third kappa shape index (κ3) is 3.12. The van der Waals surface area contributed by atoms with Gasteiger partial charge in [0, 0.05) is 0 Å². The Hall–Kier alpha value is -2.34. The number of benzene rings is 2. The average molecular weight is 320 g/mol. The maximum atomic E-state index is 12.4. The number of sulfone groups is 1. The first-order valence-electron chi connectivity index (χ1n) is 6.54. The van der Waals surface area contributed by atoms with Gasteiger partial charge in [0.1, 0.15) is 11.3 Å². The lowest BCUT2D eigenvalue weighted by atomic mass is 10.0. The normalized spacial score (nSPS) is 11.2. The van der Waals surface area contributed by atoms with Crippen LogP contribution in [0.4, 0.5) is 0 Å². The standard InChI is InChI=1S/C16H16O5S/c1-11-8-9-12(14(16(17)18)15(11)21-2)10-22(19,20)13-6-4-3-5-7-13/h3-9H,10H2,1-2H3,(H,17,18). The lowest BCUT2D eigenvalue weighted by Crippen LogP contribution is -2.12. The molecule has 0 aliphatic carbocycles. The second-order valence-corrected chi connectivity index (χ2v) is 6.82. The molecule has 1 N–H and O–H groups in total. The third-order valence-corrected chi connectivity index (χ3v) is 4.99. The minimum absolute atomic E-state index is 0.109. The summed E-state index contributed by atoms with van der Waals surface area (Å²) in [6.45, 7) is 1.71. The molecule has 0 unspecified atom stereocenters. The minimum Gasteiger partial charge on any atom is -0.496 e. The molecule has 0 aliphatic heterocycles. The van der Waals surface area contributed by atoms with Gasteiger partial charge in [-0.3, -0.25) is 0 Å². The highest BCUT2D eigenvalue weighted by molar-refractivity contribution is 7.90. The fourth-order valence-electron chi connectivity index (χ4n) is 2.26. The van der Waals surface area contributed by atoms with E-state index >= 15 is 0 Å². The number of carboxylic acid groups (broad SMARTS) is 1. The minimum atomic E-state index is -3.63. The molecule has 2 aromatic rings. The zero-order valence-corrected chi connectivity index (χ0v) is 13.1. The van der Waals surface area contributed by atoms with Crippen LogP contribution in [0.2, 0.25) is 0 Å². The molecule has 0 amide bonds. The number of ether oxygens (including phenoxy) is 1. The molecule has 0 saturated carbocycles. The van der Waals surface area contributed by atoms with Crippen LogP contribution in [0.3, 0.4) is 0 Å². The van der Waals surface area contributed by atoms with E-state index in [1.165, 1.54) is 25.3 Å². The van der Waals surface area contributed by atoms with Gasteiger partial charge in [-0.05, 0) is 30.2 Å². The maximum absolute atomic E-state index is 12.4. The Labute approximate surface area is 129 Å². The second kappa shape index (κ2) is 6.19. The first kappa shape index (κ1) is 16.0. The number of carboxylic acids is 1. The van der Waals surface area contributed by atoms with Crippen molar-refractivity contribution >= 4 is 15.8 Å². The monoisotopic (exact) mass is 320 g/mol. The van der Waals surface area contributed by atoms with E-state index in [2.05, 4.69) is 0 Å². The van der Waals surface area contributed by atoms with Crippen molar-refractivity contribution in [2.75, 3.05) is 7.11 Å². The Bertz CT molecular complexity index is 795. The van der Waals surface area contributed by atoms with Crippen LogP contribution in [0.15, 0.2) is 47.4 Å². The van der Waals surface area contributed by atoms with Crippen molar-refractivity contribution < 1.29 is 23.1 Å². The molecule has 0 aromatic heterocycles. The van der Waals surface area contributed by atoms with E-state index in [0.717, 1.165) is 0 Å². The van der Waals surface area contributed by atoms with Gasteiger partial charge in [0.05, 0.1) is 17.8 Å². The van der Waals surface area contributed by atoms with E-state index in [0.29, 0.717) is 5.56 Å². The van der Waals surface area contributed by atoms with Gasteiger partial charge in [-0.2, -0.15) is 0 Å². The molecule has 0 heterocycles. The van der Waals surface area contributed by atoms with Crippen molar-refractivity contribution in [2.24, 2.45) is 0 Å². The summed E-state index contributed by atoms with van der Waals surface area (Å²) in [5.41, 5.74) is 0.738. The first-order valence-corrected chi connectivity index (χ1v) is 8.19. The lowest BCUT2D eigenvalue weighted by molar-refractivity contribution is 0.0692. The summed E-state index contributed by atoms with van der Waals surface area (Å²) in [7, 11) is -2.26. The van der Waals surface area contributed by atoms with Gasteiger partial charge in [0.15, 0.2) is 9.84 Å². The molecule has 6 heteroatoms. The summed E-state index contributed by atoms with van der Waals surface area (Å²) >= 11 is 0. The van der Waals surface area contributed by atoms with E-state index in [-0.39, 0.29) is 21.8 Å². The topological polar surface area (TPSA) is 80.7 Å². The summed E-state index contributed by atoms with van der Waals surface area (Å²) < 4.78 is 30.0. The quantitative estimate of drug-likeness (QED) is 0.916. The van der Waals surface area contributed by atoms with Gasteiger partial charge in [-0.1, -0.05) is 30.3 Å². The second-order valence-electron chi connectivity index (χ2n) is 4.83. The van der Waals surface area contributed by atoms with E-state index in [1.54, 1.807) is 31.2 Å². The predicted molar refractivity (Wildman–Crippen MR) is 82.0 cm³/mol. The average Bonchev–Trinajstić information content (AvgIpc) is 2.49. The largest absolute Gasteiger partial charge is 0.496 e. The molecule has 0 atom stereocenters. The number of aryl methyl sites for hydroxylation is 1. The van der Waals surface area contributed by atoms with Crippen molar-refractivity contribution in [3.63, 3.8) is 0 Å². The van der Waals surface area contributed by atoms with Crippen LogP contribution >= 0.6 is 0 Å². The highest BCUT2D eigenvalue weighted by Gasteiger charge is 2.23. The number of carbonyl (C=O) groups is 1. The van der Waals surface area contributed by atoms with Crippen molar-refractivity contribution in [1.82, 2.24) is 0 Å².